The summed E-state index contributed by atoms with van der Waals surface area (Å²) >= 11 is 0. The Labute approximate surface area is 219 Å². The SMILES string of the molecule is C1=CC2c3ccc(-c4ccccc4)cc3C(c3ccccc3)(c3ccccc3)C2C=C1c1ccccc1. The van der Waals surface area contributed by atoms with E-state index in [4.69, 9.17) is 0 Å². The van der Waals surface area contributed by atoms with Gasteiger partial charge in [0.05, 0.1) is 5.41 Å². The topological polar surface area (TPSA) is 0 Å². The number of hydrogen-bond acceptors (Lipinski definition) is 0. The highest BCUT2D eigenvalue weighted by molar-refractivity contribution is 5.79. The first kappa shape index (κ1) is 21.8. The minimum absolute atomic E-state index is 0.263. The molecule has 2 aliphatic rings. The average Bonchev–Trinajstić information content (AvgIpc) is 3.29. The molecule has 0 saturated carbocycles. The zero-order valence-corrected chi connectivity index (χ0v) is 20.7. The van der Waals surface area contributed by atoms with E-state index < -0.39 is 0 Å². The molecule has 0 aromatic heterocycles. The van der Waals surface area contributed by atoms with Gasteiger partial charge in [0, 0.05) is 11.8 Å². The molecule has 2 atom stereocenters. The molecule has 0 nitrogen and oxygen atoms in total. The Hall–Kier alpha value is -4.42. The fraction of sp³-hybridized carbons (Fsp3) is 0.0811. The Kier molecular flexibility index (Phi) is 5.26. The first-order valence-electron chi connectivity index (χ1n) is 13.1. The summed E-state index contributed by atoms with van der Waals surface area (Å²) in [7, 11) is 0. The lowest BCUT2D eigenvalue weighted by molar-refractivity contribution is 0.458. The van der Waals surface area contributed by atoms with E-state index in [0.717, 1.165) is 0 Å². The predicted molar refractivity (Wildman–Crippen MR) is 154 cm³/mol. The second-order valence-corrected chi connectivity index (χ2v) is 10.1. The molecule has 0 aliphatic heterocycles. The molecule has 0 heteroatoms. The van der Waals surface area contributed by atoms with Crippen LogP contribution in [0, 0.1) is 5.92 Å². The van der Waals surface area contributed by atoms with Gasteiger partial charge in [0.15, 0.2) is 0 Å². The van der Waals surface area contributed by atoms with Gasteiger partial charge in [-0.05, 0) is 50.6 Å². The van der Waals surface area contributed by atoms with Crippen molar-refractivity contribution in [2.75, 3.05) is 0 Å². The second kappa shape index (κ2) is 8.91. The number of allylic oxidation sites excluding steroid dienone is 4. The highest BCUT2D eigenvalue weighted by Gasteiger charge is 2.53. The Morgan fingerprint density at radius 3 is 1.62 bits per heavy atom. The quantitative estimate of drug-likeness (QED) is 0.245. The molecule has 7 rings (SSSR count). The normalized spacial score (nSPS) is 19.1. The molecule has 176 valence electrons. The van der Waals surface area contributed by atoms with Crippen LogP contribution < -0.4 is 0 Å². The molecule has 0 saturated heterocycles. The molecule has 0 amide bonds. The van der Waals surface area contributed by atoms with Crippen molar-refractivity contribution in [2.24, 2.45) is 5.92 Å². The maximum Gasteiger partial charge on any atom is 0.0526 e. The van der Waals surface area contributed by atoms with Gasteiger partial charge in [-0.3, -0.25) is 0 Å². The van der Waals surface area contributed by atoms with Gasteiger partial charge in [0.25, 0.3) is 0 Å². The summed E-state index contributed by atoms with van der Waals surface area (Å²) in [5, 5.41) is 0. The number of fused-ring (bicyclic) bond motifs is 3. The van der Waals surface area contributed by atoms with E-state index in [2.05, 4.69) is 158 Å². The molecule has 0 heterocycles. The summed E-state index contributed by atoms with van der Waals surface area (Å²) in [6.07, 6.45) is 7.32. The summed E-state index contributed by atoms with van der Waals surface area (Å²) in [6.45, 7) is 0. The average molecular weight is 473 g/mol. The van der Waals surface area contributed by atoms with Crippen molar-refractivity contribution >= 4 is 5.57 Å². The summed E-state index contributed by atoms with van der Waals surface area (Å²) in [5.74, 6) is 0.575. The van der Waals surface area contributed by atoms with E-state index in [1.165, 1.54) is 44.5 Å². The van der Waals surface area contributed by atoms with Gasteiger partial charge < -0.3 is 0 Å². The fourth-order valence-corrected chi connectivity index (χ4v) is 6.64. The van der Waals surface area contributed by atoms with Crippen LogP contribution >= 0.6 is 0 Å². The number of benzene rings is 5. The molecule has 2 aliphatic carbocycles. The van der Waals surface area contributed by atoms with Gasteiger partial charge in [-0.1, -0.05) is 152 Å². The Morgan fingerprint density at radius 1 is 0.486 bits per heavy atom. The third-order valence-corrected chi connectivity index (χ3v) is 8.24. The van der Waals surface area contributed by atoms with E-state index >= 15 is 0 Å². The maximum atomic E-state index is 2.54. The monoisotopic (exact) mass is 472 g/mol. The molecular formula is C37H28. The molecule has 2 unspecified atom stereocenters. The lowest BCUT2D eigenvalue weighted by Crippen LogP contribution is -2.35. The summed E-state index contributed by atoms with van der Waals surface area (Å²) in [5.41, 5.74) is 10.3. The molecule has 0 radical (unpaired) electrons. The summed E-state index contributed by atoms with van der Waals surface area (Å²) in [4.78, 5) is 0. The zero-order chi connectivity index (χ0) is 24.7. The molecular weight excluding hydrogens is 444 g/mol. The first-order valence-corrected chi connectivity index (χ1v) is 13.1. The van der Waals surface area contributed by atoms with Crippen LogP contribution in [0.2, 0.25) is 0 Å². The second-order valence-electron chi connectivity index (χ2n) is 10.1. The van der Waals surface area contributed by atoms with Crippen molar-refractivity contribution in [1.82, 2.24) is 0 Å². The smallest absolute Gasteiger partial charge is 0.0526 e. The highest BCUT2D eigenvalue weighted by atomic mass is 14.5. The minimum Gasteiger partial charge on any atom is -0.0757 e. The van der Waals surface area contributed by atoms with E-state index in [9.17, 15) is 0 Å². The van der Waals surface area contributed by atoms with Crippen molar-refractivity contribution in [3.05, 3.63) is 186 Å². The molecule has 5 aromatic carbocycles. The molecule has 37 heavy (non-hydrogen) atoms. The lowest BCUT2D eigenvalue weighted by atomic mass is 9.62. The minimum atomic E-state index is -0.294. The largest absolute Gasteiger partial charge is 0.0757 e. The third-order valence-electron chi connectivity index (χ3n) is 8.24. The highest BCUT2D eigenvalue weighted by Crippen LogP contribution is 2.60. The van der Waals surface area contributed by atoms with Crippen LogP contribution in [0.1, 0.15) is 33.7 Å². The van der Waals surface area contributed by atoms with Gasteiger partial charge >= 0.3 is 0 Å². The maximum absolute atomic E-state index is 2.54. The van der Waals surface area contributed by atoms with Crippen molar-refractivity contribution in [2.45, 2.75) is 11.3 Å². The predicted octanol–water partition coefficient (Wildman–Crippen LogP) is 9.05. The van der Waals surface area contributed by atoms with Crippen LogP contribution in [0.4, 0.5) is 0 Å². The summed E-state index contributed by atoms with van der Waals surface area (Å²) in [6, 6.07) is 51.0. The fourth-order valence-electron chi connectivity index (χ4n) is 6.64. The number of hydrogen-bond donors (Lipinski definition) is 0. The van der Waals surface area contributed by atoms with Crippen LogP contribution in [0.5, 0.6) is 0 Å². The van der Waals surface area contributed by atoms with Gasteiger partial charge in [-0.15, -0.1) is 0 Å². The Morgan fingerprint density at radius 2 is 1.03 bits per heavy atom. The van der Waals surface area contributed by atoms with Crippen molar-refractivity contribution in [3.8, 4) is 11.1 Å². The van der Waals surface area contributed by atoms with Crippen LogP contribution in [0.15, 0.2) is 158 Å². The number of rotatable bonds is 4. The molecule has 0 fully saturated rings. The summed E-state index contributed by atoms with van der Waals surface area (Å²) < 4.78 is 0. The third kappa shape index (κ3) is 3.44. The van der Waals surface area contributed by atoms with Crippen LogP contribution in [0.25, 0.3) is 16.7 Å². The molecule has 0 N–H and O–H groups in total. The van der Waals surface area contributed by atoms with Crippen molar-refractivity contribution in [1.29, 1.82) is 0 Å². The van der Waals surface area contributed by atoms with Crippen LogP contribution in [0.3, 0.4) is 0 Å². The molecule has 0 bridgehead atoms. The van der Waals surface area contributed by atoms with Crippen molar-refractivity contribution in [3.63, 3.8) is 0 Å². The molecule has 0 spiro atoms. The van der Waals surface area contributed by atoms with Crippen molar-refractivity contribution < 1.29 is 0 Å². The first-order chi connectivity index (χ1) is 18.4. The van der Waals surface area contributed by atoms with Gasteiger partial charge in [0.1, 0.15) is 0 Å². The van der Waals surface area contributed by atoms with E-state index in [1.54, 1.807) is 0 Å². The Bertz CT molecular complexity index is 1550. The lowest BCUT2D eigenvalue weighted by Gasteiger charge is -2.39. The standard InChI is InChI=1S/C37H28/c1-5-13-27(14-6-1)29-21-23-33-34-24-22-30(28-15-7-2-8-16-28)26-36(34)37(35(33)25-29,31-17-9-3-10-18-31)32-19-11-4-12-20-32/h1-26,33,35H. The van der Waals surface area contributed by atoms with Crippen LogP contribution in [-0.2, 0) is 5.41 Å². The van der Waals surface area contributed by atoms with E-state index in [-0.39, 0.29) is 11.3 Å². The molecule has 5 aromatic rings. The van der Waals surface area contributed by atoms with E-state index in [0.29, 0.717) is 5.92 Å². The van der Waals surface area contributed by atoms with Gasteiger partial charge in [-0.25, -0.2) is 0 Å². The van der Waals surface area contributed by atoms with Crippen LogP contribution in [-0.4, -0.2) is 0 Å². The zero-order valence-electron chi connectivity index (χ0n) is 20.7. The Balaban J connectivity index is 1.54. The van der Waals surface area contributed by atoms with Gasteiger partial charge in [-0.2, -0.15) is 0 Å². The van der Waals surface area contributed by atoms with Gasteiger partial charge in [0.2, 0.25) is 0 Å². The van der Waals surface area contributed by atoms with E-state index in [1.807, 2.05) is 0 Å².